The molecule has 21 heavy (non-hydrogen) atoms. The molecule has 0 bridgehead atoms. The van der Waals surface area contributed by atoms with E-state index in [4.69, 9.17) is 4.74 Å². The van der Waals surface area contributed by atoms with Crippen molar-refractivity contribution in [2.45, 2.75) is 27.7 Å². The summed E-state index contributed by atoms with van der Waals surface area (Å²) in [6.45, 7) is 7.71. The number of amides is 2. The van der Waals surface area contributed by atoms with Crippen molar-refractivity contribution in [1.29, 1.82) is 0 Å². The lowest BCUT2D eigenvalue weighted by Crippen LogP contribution is -2.39. The van der Waals surface area contributed by atoms with Crippen LogP contribution in [-0.4, -0.2) is 25.5 Å². The fourth-order valence-electron chi connectivity index (χ4n) is 2.15. The Bertz CT molecular complexity index is 579. The average molecular weight is 290 g/mol. The fraction of sp³-hybridized carbons (Fsp3) is 0.500. The summed E-state index contributed by atoms with van der Waals surface area (Å²) in [6, 6.07) is 5.34. The first kappa shape index (κ1) is 15.4. The van der Waals surface area contributed by atoms with Crippen molar-refractivity contribution < 1.29 is 14.3 Å². The van der Waals surface area contributed by atoms with Crippen LogP contribution in [0, 0.1) is 11.3 Å². The second-order valence-corrected chi connectivity index (χ2v) is 6.36. The molecule has 1 N–H and O–H groups in total. The van der Waals surface area contributed by atoms with Crippen molar-refractivity contribution in [1.82, 2.24) is 0 Å². The zero-order chi connectivity index (χ0) is 15.8. The molecule has 2 amide bonds. The van der Waals surface area contributed by atoms with Gasteiger partial charge in [0.05, 0.1) is 11.1 Å². The van der Waals surface area contributed by atoms with Crippen LogP contribution in [0.1, 0.15) is 27.7 Å². The molecule has 1 aromatic rings. The second-order valence-electron chi connectivity index (χ2n) is 6.36. The molecule has 114 valence electrons. The fourth-order valence-corrected chi connectivity index (χ4v) is 2.15. The van der Waals surface area contributed by atoms with Crippen molar-refractivity contribution in [3.63, 3.8) is 0 Å². The molecule has 1 heterocycles. The van der Waals surface area contributed by atoms with E-state index in [9.17, 15) is 9.59 Å². The van der Waals surface area contributed by atoms with E-state index < -0.39 is 5.41 Å². The first-order valence-electron chi connectivity index (χ1n) is 7.08. The summed E-state index contributed by atoms with van der Waals surface area (Å²) in [5.41, 5.74) is 0.816. The largest absolute Gasteiger partial charge is 0.490 e. The highest BCUT2D eigenvalue weighted by molar-refractivity contribution is 5.99. The summed E-state index contributed by atoms with van der Waals surface area (Å²) in [5, 5.41) is 2.84. The topological polar surface area (TPSA) is 58.6 Å². The highest BCUT2D eigenvalue weighted by atomic mass is 16.5. The minimum absolute atomic E-state index is 0.0141. The minimum Gasteiger partial charge on any atom is -0.490 e. The van der Waals surface area contributed by atoms with E-state index in [0.29, 0.717) is 23.7 Å². The molecule has 2 rings (SSSR count). The number of fused-ring (bicyclic) bond motifs is 1. The maximum Gasteiger partial charge on any atom is 0.235 e. The lowest BCUT2D eigenvalue weighted by molar-refractivity contribution is -0.127. The van der Waals surface area contributed by atoms with Crippen LogP contribution in [0.5, 0.6) is 5.75 Å². The number of carbonyl (C=O) groups excluding carboxylic acids is 2. The van der Waals surface area contributed by atoms with Gasteiger partial charge in [-0.3, -0.25) is 9.59 Å². The molecule has 5 heteroatoms. The van der Waals surface area contributed by atoms with Gasteiger partial charge in [0.2, 0.25) is 11.8 Å². The summed E-state index contributed by atoms with van der Waals surface area (Å²) >= 11 is 0. The molecule has 0 saturated heterocycles. The number of nitrogens with one attached hydrogen (secondary N) is 1. The molecule has 0 aliphatic carbocycles. The first-order valence-corrected chi connectivity index (χ1v) is 7.08. The minimum atomic E-state index is -0.574. The third kappa shape index (κ3) is 3.01. The number of ether oxygens (including phenoxy) is 1. The summed E-state index contributed by atoms with van der Waals surface area (Å²) in [6.07, 6.45) is 0. The van der Waals surface area contributed by atoms with Crippen molar-refractivity contribution in [2.75, 3.05) is 23.9 Å². The summed E-state index contributed by atoms with van der Waals surface area (Å²) in [4.78, 5) is 25.7. The number of nitrogens with zero attached hydrogens (tertiary/aromatic N) is 1. The molecular weight excluding hydrogens is 268 g/mol. The molecule has 0 unspecified atom stereocenters. The molecule has 0 atom stereocenters. The van der Waals surface area contributed by atoms with Gasteiger partial charge in [-0.15, -0.1) is 0 Å². The zero-order valence-corrected chi connectivity index (χ0v) is 13.2. The Morgan fingerprint density at radius 1 is 1.38 bits per heavy atom. The Balaban J connectivity index is 2.32. The van der Waals surface area contributed by atoms with Gasteiger partial charge in [-0.05, 0) is 26.0 Å². The van der Waals surface area contributed by atoms with Crippen molar-refractivity contribution in [3.05, 3.63) is 18.2 Å². The maximum absolute atomic E-state index is 12.4. The van der Waals surface area contributed by atoms with Crippen LogP contribution >= 0.6 is 0 Å². The van der Waals surface area contributed by atoms with Crippen LogP contribution in [0.2, 0.25) is 0 Å². The van der Waals surface area contributed by atoms with Crippen LogP contribution in [0.4, 0.5) is 11.4 Å². The van der Waals surface area contributed by atoms with E-state index in [1.165, 1.54) is 0 Å². The molecule has 1 aliphatic rings. The Morgan fingerprint density at radius 2 is 2.05 bits per heavy atom. The molecule has 0 spiro atoms. The van der Waals surface area contributed by atoms with Gasteiger partial charge in [0.15, 0.2) is 0 Å². The Morgan fingerprint density at radius 3 is 2.67 bits per heavy atom. The molecule has 0 fully saturated rings. The van der Waals surface area contributed by atoms with Gasteiger partial charge in [0, 0.05) is 24.7 Å². The highest BCUT2D eigenvalue weighted by Gasteiger charge is 2.36. The van der Waals surface area contributed by atoms with Crippen molar-refractivity contribution in [2.24, 2.45) is 11.3 Å². The first-order chi connectivity index (χ1) is 9.72. The third-order valence-corrected chi connectivity index (χ3v) is 3.59. The van der Waals surface area contributed by atoms with Gasteiger partial charge in [-0.2, -0.15) is 0 Å². The van der Waals surface area contributed by atoms with Crippen molar-refractivity contribution in [3.8, 4) is 5.75 Å². The number of carbonyl (C=O) groups is 2. The summed E-state index contributed by atoms with van der Waals surface area (Å²) in [7, 11) is 1.74. The van der Waals surface area contributed by atoms with Gasteiger partial charge in [-0.1, -0.05) is 13.8 Å². The molecule has 1 aliphatic heterocycles. The normalized spacial score (nSPS) is 17.0. The number of rotatable bonds is 2. The molecule has 5 nitrogen and oxygen atoms in total. The molecule has 1 aromatic carbocycles. The number of anilines is 2. The highest BCUT2D eigenvalue weighted by Crippen LogP contribution is 2.37. The Kier molecular flexibility index (Phi) is 3.94. The standard InChI is InChI=1S/C16H22N2O3/c1-10(2)14(19)17-11-6-7-12-13(8-11)21-9-16(3,4)15(20)18(12)5/h6-8,10H,9H2,1-5H3,(H,17,19). The number of benzene rings is 1. The van der Waals surface area contributed by atoms with E-state index in [-0.39, 0.29) is 17.7 Å². The SMILES string of the molecule is CC(C)C(=O)Nc1ccc2c(c1)OCC(C)(C)C(=O)N2C. The van der Waals surface area contributed by atoms with E-state index >= 15 is 0 Å². The van der Waals surface area contributed by atoms with Crippen LogP contribution in [0.25, 0.3) is 0 Å². The van der Waals surface area contributed by atoms with Crippen molar-refractivity contribution >= 4 is 23.2 Å². The van der Waals surface area contributed by atoms with Gasteiger partial charge >= 0.3 is 0 Å². The Labute approximate surface area is 125 Å². The monoisotopic (exact) mass is 290 g/mol. The predicted octanol–water partition coefficient (Wildman–Crippen LogP) is 2.66. The average Bonchev–Trinajstić information content (AvgIpc) is 2.50. The van der Waals surface area contributed by atoms with E-state index in [0.717, 1.165) is 0 Å². The van der Waals surface area contributed by atoms with E-state index in [1.807, 2.05) is 27.7 Å². The van der Waals surface area contributed by atoms with E-state index in [1.54, 1.807) is 30.1 Å². The zero-order valence-electron chi connectivity index (χ0n) is 13.2. The van der Waals surface area contributed by atoms with Crippen LogP contribution in [0.15, 0.2) is 18.2 Å². The summed E-state index contributed by atoms with van der Waals surface area (Å²) < 4.78 is 5.77. The quantitative estimate of drug-likeness (QED) is 0.911. The lowest BCUT2D eigenvalue weighted by atomic mass is 9.93. The molecule has 0 saturated carbocycles. The molecule has 0 aromatic heterocycles. The lowest BCUT2D eigenvalue weighted by Gasteiger charge is -2.24. The molecular formula is C16H22N2O3. The van der Waals surface area contributed by atoms with Crippen LogP contribution in [-0.2, 0) is 9.59 Å². The van der Waals surface area contributed by atoms with Crippen LogP contribution in [0.3, 0.4) is 0 Å². The van der Waals surface area contributed by atoms with Gasteiger partial charge in [0.25, 0.3) is 0 Å². The maximum atomic E-state index is 12.4. The Hall–Kier alpha value is -2.04. The van der Waals surface area contributed by atoms with Crippen LogP contribution < -0.4 is 15.0 Å². The molecule has 0 radical (unpaired) electrons. The third-order valence-electron chi connectivity index (χ3n) is 3.59. The van der Waals surface area contributed by atoms with Gasteiger partial charge in [-0.25, -0.2) is 0 Å². The summed E-state index contributed by atoms with van der Waals surface area (Å²) in [5.74, 6) is 0.486. The smallest absolute Gasteiger partial charge is 0.235 e. The van der Waals surface area contributed by atoms with Gasteiger partial charge < -0.3 is 15.0 Å². The number of hydrogen-bond donors (Lipinski definition) is 1. The van der Waals surface area contributed by atoms with Gasteiger partial charge in [0.1, 0.15) is 12.4 Å². The predicted molar refractivity (Wildman–Crippen MR) is 82.6 cm³/mol. The number of hydrogen-bond acceptors (Lipinski definition) is 3. The van der Waals surface area contributed by atoms with E-state index in [2.05, 4.69) is 5.32 Å². The second kappa shape index (κ2) is 5.39.